The Hall–Kier alpha value is -1.85. The third kappa shape index (κ3) is 3.82. The lowest BCUT2D eigenvalue weighted by Crippen LogP contribution is -2.31. The number of methoxy groups -OCH3 is 1. The number of carbonyl (C=O) groups is 1. The molecule has 1 saturated heterocycles. The first-order valence-electron chi connectivity index (χ1n) is 6.90. The monoisotopic (exact) mass is 279 g/mol. The maximum Gasteiger partial charge on any atom is 0.233 e. The van der Waals surface area contributed by atoms with E-state index in [1.807, 2.05) is 4.90 Å². The highest BCUT2D eigenvalue weighted by Gasteiger charge is 2.28. The molecule has 1 fully saturated rings. The molecule has 2 rings (SSSR count). The van der Waals surface area contributed by atoms with Gasteiger partial charge in [-0.3, -0.25) is 4.79 Å². The van der Waals surface area contributed by atoms with E-state index in [0.29, 0.717) is 30.6 Å². The van der Waals surface area contributed by atoms with E-state index in [9.17, 15) is 4.79 Å². The number of hydrogen-bond acceptors (Lipinski definition) is 5. The Labute approximate surface area is 119 Å². The van der Waals surface area contributed by atoms with Gasteiger partial charge >= 0.3 is 0 Å². The minimum absolute atomic E-state index is 0.00573. The molecule has 20 heavy (non-hydrogen) atoms. The Bertz CT molecular complexity index is 447. The van der Waals surface area contributed by atoms with E-state index >= 15 is 0 Å². The van der Waals surface area contributed by atoms with Crippen LogP contribution in [0.25, 0.3) is 0 Å². The Kier molecular flexibility index (Phi) is 4.76. The third-order valence-electron chi connectivity index (χ3n) is 3.19. The summed E-state index contributed by atoms with van der Waals surface area (Å²) >= 11 is 0. The largest absolute Gasteiger partial charge is 0.480 e. The predicted molar refractivity (Wildman–Crippen MR) is 73.7 cm³/mol. The highest BCUT2D eigenvalue weighted by molar-refractivity contribution is 5.76. The first-order valence-corrected chi connectivity index (χ1v) is 6.90. The molecule has 1 aromatic heterocycles. The molecule has 0 bridgehead atoms. The Morgan fingerprint density at radius 3 is 2.70 bits per heavy atom. The number of aromatic nitrogens is 2. The molecule has 1 aromatic rings. The van der Waals surface area contributed by atoms with Crippen molar-refractivity contribution in [3.63, 3.8) is 0 Å². The van der Waals surface area contributed by atoms with Crippen LogP contribution in [-0.2, 0) is 4.79 Å². The molecule has 0 N–H and O–H groups in total. The summed E-state index contributed by atoms with van der Waals surface area (Å²) in [6, 6.07) is 3.43. The van der Waals surface area contributed by atoms with Gasteiger partial charge < -0.3 is 14.4 Å². The molecule has 1 atom stereocenters. The van der Waals surface area contributed by atoms with Crippen LogP contribution in [0.15, 0.2) is 12.1 Å². The van der Waals surface area contributed by atoms with Crippen molar-refractivity contribution in [3.05, 3.63) is 12.1 Å². The van der Waals surface area contributed by atoms with Crippen LogP contribution < -0.4 is 9.47 Å². The van der Waals surface area contributed by atoms with Gasteiger partial charge in [0, 0.05) is 31.5 Å². The van der Waals surface area contributed by atoms with Crippen molar-refractivity contribution in [1.82, 2.24) is 15.1 Å². The lowest BCUT2D eigenvalue weighted by Gasteiger charge is -2.17. The molecule has 1 aliphatic heterocycles. The van der Waals surface area contributed by atoms with Crippen LogP contribution in [0.5, 0.6) is 11.8 Å². The van der Waals surface area contributed by atoms with Gasteiger partial charge in [-0.25, -0.2) is 0 Å². The van der Waals surface area contributed by atoms with Crippen LogP contribution in [0.1, 0.15) is 26.7 Å². The van der Waals surface area contributed by atoms with Crippen molar-refractivity contribution in [2.75, 3.05) is 20.2 Å². The van der Waals surface area contributed by atoms with E-state index in [1.165, 1.54) is 0 Å². The SMILES string of the molecule is COc1ccc(OC2CCN(C(=O)CC(C)C)C2)nn1. The summed E-state index contributed by atoms with van der Waals surface area (Å²) in [7, 11) is 1.54. The maximum absolute atomic E-state index is 12.0. The van der Waals surface area contributed by atoms with E-state index in [0.717, 1.165) is 13.0 Å². The van der Waals surface area contributed by atoms with Crippen molar-refractivity contribution >= 4 is 5.91 Å². The third-order valence-corrected chi connectivity index (χ3v) is 3.19. The van der Waals surface area contributed by atoms with Gasteiger partial charge in [0.1, 0.15) is 6.10 Å². The molecule has 0 spiro atoms. The highest BCUT2D eigenvalue weighted by atomic mass is 16.5. The molecular formula is C14H21N3O3. The number of nitrogens with zero attached hydrogens (tertiary/aromatic N) is 3. The van der Waals surface area contributed by atoms with E-state index < -0.39 is 0 Å². The average Bonchev–Trinajstić information content (AvgIpc) is 2.87. The lowest BCUT2D eigenvalue weighted by atomic mass is 10.1. The van der Waals surface area contributed by atoms with Crippen LogP contribution in [0.2, 0.25) is 0 Å². The molecule has 1 aliphatic rings. The molecule has 1 amide bonds. The molecule has 1 unspecified atom stereocenters. The molecule has 0 aliphatic carbocycles. The summed E-state index contributed by atoms with van der Waals surface area (Å²) in [6.07, 6.45) is 1.42. The molecular weight excluding hydrogens is 258 g/mol. The predicted octanol–water partition coefficient (Wildman–Crippen LogP) is 1.51. The normalized spacial score (nSPS) is 18.4. The van der Waals surface area contributed by atoms with Crippen LogP contribution >= 0.6 is 0 Å². The second-order valence-corrected chi connectivity index (χ2v) is 5.38. The van der Waals surface area contributed by atoms with Crippen molar-refractivity contribution in [2.24, 2.45) is 5.92 Å². The maximum atomic E-state index is 12.0. The first-order chi connectivity index (χ1) is 9.58. The number of ether oxygens (including phenoxy) is 2. The van der Waals surface area contributed by atoms with Crippen LogP contribution in [0.4, 0.5) is 0 Å². The smallest absolute Gasteiger partial charge is 0.233 e. The summed E-state index contributed by atoms with van der Waals surface area (Å²) in [5.41, 5.74) is 0. The summed E-state index contributed by atoms with van der Waals surface area (Å²) < 4.78 is 10.7. The van der Waals surface area contributed by atoms with Gasteiger partial charge in [-0.05, 0) is 5.92 Å². The van der Waals surface area contributed by atoms with Crippen LogP contribution in [-0.4, -0.2) is 47.3 Å². The zero-order chi connectivity index (χ0) is 14.5. The number of carbonyl (C=O) groups excluding carboxylic acids is 1. The number of likely N-dealkylation sites (tertiary alicyclic amines) is 1. The highest BCUT2D eigenvalue weighted by Crippen LogP contribution is 2.18. The van der Waals surface area contributed by atoms with Gasteiger partial charge in [0.05, 0.1) is 13.7 Å². The van der Waals surface area contributed by atoms with Crippen molar-refractivity contribution in [3.8, 4) is 11.8 Å². The number of hydrogen-bond donors (Lipinski definition) is 0. The average molecular weight is 279 g/mol. The van der Waals surface area contributed by atoms with E-state index in [1.54, 1.807) is 19.2 Å². The second-order valence-electron chi connectivity index (χ2n) is 5.38. The minimum atomic E-state index is -0.00573. The fraction of sp³-hybridized carbons (Fsp3) is 0.643. The Morgan fingerprint density at radius 1 is 1.40 bits per heavy atom. The van der Waals surface area contributed by atoms with Crippen LogP contribution in [0, 0.1) is 5.92 Å². The standard InChI is InChI=1S/C14H21N3O3/c1-10(2)8-14(18)17-7-6-11(9-17)20-13-5-4-12(19-3)15-16-13/h4-5,10-11H,6-9H2,1-3H3. The zero-order valence-corrected chi connectivity index (χ0v) is 12.2. The van der Waals surface area contributed by atoms with E-state index in [4.69, 9.17) is 9.47 Å². The number of amides is 1. The minimum Gasteiger partial charge on any atom is -0.480 e. The quantitative estimate of drug-likeness (QED) is 0.817. The van der Waals surface area contributed by atoms with Crippen molar-refractivity contribution in [2.45, 2.75) is 32.8 Å². The fourth-order valence-electron chi connectivity index (χ4n) is 2.18. The summed E-state index contributed by atoms with van der Waals surface area (Å²) in [5, 5.41) is 7.79. The van der Waals surface area contributed by atoms with Crippen molar-refractivity contribution in [1.29, 1.82) is 0 Å². The lowest BCUT2D eigenvalue weighted by molar-refractivity contribution is -0.131. The van der Waals surface area contributed by atoms with Gasteiger partial charge in [-0.2, -0.15) is 0 Å². The second kappa shape index (κ2) is 6.54. The Morgan fingerprint density at radius 2 is 2.10 bits per heavy atom. The topological polar surface area (TPSA) is 64.6 Å². The van der Waals surface area contributed by atoms with Gasteiger partial charge in [-0.1, -0.05) is 13.8 Å². The number of rotatable bonds is 5. The Balaban J connectivity index is 1.84. The van der Waals surface area contributed by atoms with Gasteiger partial charge in [0.25, 0.3) is 0 Å². The molecule has 0 radical (unpaired) electrons. The molecule has 0 aromatic carbocycles. The van der Waals surface area contributed by atoms with E-state index in [-0.39, 0.29) is 12.0 Å². The molecule has 0 saturated carbocycles. The summed E-state index contributed by atoms with van der Waals surface area (Å²) in [5.74, 6) is 1.51. The summed E-state index contributed by atoms with van der Waals surface area (Å²) in [4.78, 5) is 13.8. The van der Waals surface area contributed by atoms with Crippen LogP contribution in [0.3, 0.4) is 0 Å². The van der Waals surface area contributed by atoms with Crippen molar-refractivity contribution < 1.29 is 14.3 Å². The fourth-order valence-corrected chi connectivity index (χ4v) is 2.18. The van der Waals surface area contributed by atoms with Gasteiger partial charge in [0.2, 0.25) is 17.7 Å². The molecule has 6 nitrogen and oxygen atoms in total. The zero-order valence-electron chi connectivity index (χ0n) is 12.2. The molecule has 6 heteroatoms. The molecule has 110 valence electrons. The van der Waals surface area contributed by atoms with E-state index in [2.05, 4.69) is 24.0 Å². The molecule has 2 heterocycles. The van der Waals surface area contributed by atoms with Gasteiger partial charge in [-0.15, -0.1) is 10.2 Å². The summed E-state index contributed by atoms with van der Waals surface area (Å²) in [6.45, 7) is 5.48. The first kappa shape index (κ1) is 14.6. The van der Waals surface area contributed by atoms with Gasteiger partial charge in [0.15, 0.2) is 0 Å².